The van der Waals surface area contributed by atoms with Crippen molar-refractivity contribution in [3.05, 3.63) is 94.8 Å². The van der Waals surface area contributed by atoms with E-state index in [2.05, 4.69) is 5.32 Å². The molecule has 0 spiro atoms. The van der Waals surface area contributed by atoms with Gasteiger partial charge in [0, 0.05) is 12.6 Å². The Morgan fingerprint density at radius 2 is 1.64 bits per heavy atom. The van der Waals surface area contributed by atoms with E-state index in [1.807, 2.05) is 45.0 Å². The SMILES string of the molecule is CC[C@@H](C)NC(=O)[C@@H](C)N(Cc1ccc(C)cc1)C(=O)CN(c1ccc(F)c(Cl)c1)S(=O)(=O)c1ccccc1. The average molecular weight is 574 g/mol. The fourth-order valence-electron chi connectivity index (χ4n) is 3.83. The number of nitrogens with one attached hydrogen (secondary N) is 1. The maximum atomic E-state index is 14.0. The Balaban J connectivity index is 2.03. The first-order valence-electron chi connectivity index (χ1n) is 12.6. The van der Waals surface area contributed by atoms with Gasteiger partial charge in [-0.05, 0) is 63.1 Å². The molecule has 0 saturated carbocycles. The first-order valence-corrected chi connectivity index (χ1v) is 14.4. The zero-order valence-corrected chi connectivity index (χ0v) is 24.0. The first-order chi connectivity index (χ1) is 18.4. The van der Waals surface area contributed by atoms with Crippen molar-refractivity contribution in [2.75, 3.05) is 10.8 Å². The molecule has 3 rings (SSSR count). The number of sulfonamides is 1. The molecular weight excluding hydrogens is 541 g/mol. The zero-order valence-electron chi connectivity index (χ0n) is 22.4. The van der Waals surface area contributed by atoms with Crippen molar-refractivity contribution in [2.24, 2.45) is 0 Å². The number of nitrogens with zero attached hydrogens (tertiary/aromatic N) is 2. The maximum absolute atomic E-state index is 14.0. The summed E-state index contributed by atoms with van der Waals surface area (Å²) in [6, 6.07) is 17.6. The highest BCUT2D eigenvalue weighted by molar-refractivity contribution is 7.92. The van der Waals surface area contributed by atoms with E-state index in [4.69, 9.17) is 11.6 Å². The summed E-state index contributed by atoms with van der Waals surface area (Å²) in [5.74, 6) is -1.69. The molecule has 1 N–H and O–H groups in total. The molecule has 0 aromatic heterocycles. The molecule has 3 aromatic rings. The van der Waals surface area contributed by atoms with E-state index in [9.17, 15) is 22.4 Å². The first kappa shape index (κ1) is 30.1. The molecule has 0 fully saturated rings. The molecule has 0 aliphatic carbocycles. The molecule has 208 valence electrons. The second kappa shape index (κ2) is 13.1. The Morgan fingerprint density at radius 3 is 2.23 bits per heavy atom. The lowest BCUT2D eigenvalue weighted by Crippen LogP contribution is -2.52. The topological polar surface area (TPSA) is 86.8 Å². The summed E-state index contributed by atoms with van der Waals surface area (Å²) in [5, 5.41) is 2.60. The highest BCUT2D eigenvalue weighted by Gasteiger charge is 2.33. The van der Waals surface area contributed by atoms with E-state index in [1.165, 1.54) is 23.1 Å². The van der Waals surface area contributed by atoms with Crippen molar-refractivity contribution in [3.63, 3.8) is 0 Å². The van der Waals surface area contributed by atoms with E-state index in [-0.39, 0.29) is 34.1 Å². The Morgan fingerprint density at radius 1 is 1.00 bits per heavy atom. The van der Waals surface area contributed by atoms with E-state index in [0.29, 0.717) is 6.42 Å². The summed E-state index contributed by atoms with van der Waals surface area (Å²) in [4.78, 5) is 28.2. The maximum Gasteiger partial charge on any atom is 0.264 e. The van der Waals surface area contributed by atoms with Gasteiger partial charge in [-0.1, -0.05) is 66.6 Å². The minimum Gasteiger partial charge on any atom is -0.352 e. The third kappa shape index (κ3) is 7.58. The highest BCUT2D eigenvalue weighted by atomic mass is 35.5. The van der Waals surface area contributed by atoms with Gasteiger partial charge >= 0.3 is 0 Å². The van der Waals surface area contributed by atoms with Gasteiger partial charge in [-0.25, -0.2) is 12.8 Å². The molecule has 0 aliphatic rings. The number of carbonyl (C=O) groups is 2. The summed E-state index contributed by atoms with van der Waals surface area (Å²) in [6.07, 6.45) is 0.707. The van der Waals surface area contributed by atoms with Gasteiger partial charge in [0.25, 0.3) is 10.0 Å². The zero-order chi connectivity index (χ0) is 28.7. The molecule has 0 bridgehead atoms. The number of amides is 2. The molecule has 0 aliphatic heterocycles. The fraction of sp³-hybridized carbons (Fsp3) is 0.310. The van der Waals surface area contributed by atoms with Crippen LogP contribution in [0.15, 0.2) is 77.7 Å². The lowest BCUT2D eigenvalue weighted by atomic mass is 10.1. The van der Waals surface area contributed by atoms with Crippen LogP contribution < -0.4 is 9.62 Å². The van der Waals surface area contributed by atoms with Crippen LogP contribution in [0.1, 0.15) is 38.3 Å². The standard InChI is InChI=1S/C29H33ClFN3O4S/c1-5-21(3)32-29(36)22(4)33(18-23-13-11-20(2)12-14-23)28(35)19-34(24-15-16-27(31)26(30)17-24)39(37,38)25-9-7-6-8-10-25/h6-17,21-22H,5,18-19H2,1-4H3,(H,32,36)/t21-,22-/m1/s1. The Hall–Kier alpha value is -3.43. The van der Waals surface area contributed by atoms with Crippen LogP contribution in [0.3, 0.4) is 0 Å². The predicted molar refractivity (Wildman–Crippen MR) is 151 cm³/mol. The summed E-state index contributed by atoms with van der Waals surface area (Å²) in [5.41, 5.74) is 1.83. The van der Waals surface area contributed by atoms with Crippen LogP contribution in [0.2, 0.25) is 5.02 Å². The van der Waals surface area contributed by atoms with Crippen molar-refractivity contribution in [1.29, 1.82) is 0 Å². The summed E-state index contributed by atoms with van der Waals surface area (Å²) >= 11 is 5.98. The van der Waals surface area contributed by atoms with E-state index in [1.54, 1.807) is 25.1 Å². The van der Waals surface area contributed by atoms with Gasteiger partial charge in [-0.3, -0.25) is 13.9 Å². The van der Waals surface area contributed by atoms with E-state index < -0.39 is 34.3 Å². The minimum absolute atomic E-state index is 0.0191. The summed E-state index contributed by atoms with van der Waals surface area (Å²) < 4.78 is 42.3. The molecule has 0 unspecified atom stereocenters. The van der Waals surface area contributed by atoms with Crippen molar-refractivity contribution < 1.29 is 22.4 Å². The van der Waals surface area contributed by atoms with Crippen LogP contribution in [-0.2, 0) is 26.2 Å². The summed E-state index contributed by atoms with van der Waals surface area (Å²) in [6.45, 7) is 6.79. The number of hydrogen-bond acceptors (Lipinski definition) is 4. The van der Waals surface area contributed by atoms with E-state index in [0.717, 1.165) is 27.6 Å². The Kier molecular flexibility index (Phi) is 10.1. The highest BCUT2D eigenvalue weighted by Crippen LogP contribution is 2.28. The van der Waals surface area contributed by atoms with Crippen LogP contribution in [0.4, 0.5) is 10.1 Å². The molecule has 2 amide bonds. The van der Waals surface area contributed by atoms with E-state index >= 15 is 0 Å². The Labute approximate surface area is 234 Å². The molecular formula is C29H33ClFN3O4S. The van der Waals surface area contributed by atoms with Crippen LogP contribution in [0.5, 0.6) is 0 Å². The molecule has 2 atom stereocenters. The second-order valence-electron chi connectivity index (χ2n) is 9.42. The van der Waals surface area contributed by atoms with Gasteiger partial charge in [0.15, 0.2) is 0 Å². The third-order valence-electron chi connectivity index (χ3n) is 6.44. The Bertz CT molecular complexity index is 1400. The van der Waals surface area contributed by atoms with Crippen molar-refractivity contribution in [3.8, 4) is 0 Å². The number of carbonyl (C=O) groups excluding carboxylic acids is 2. The van der Waals surface area contributed by atoms with Crippen LogP contribution in [0, 0.1) is 12.7 Å². The van der Waals surface area contributed by atoms with Gasteiger partial charge in [-0.2, -0.15) is 0 Å². The van der Waals surface area contributed by atoms with Gasteiger partial charge in [0.05, 0.1) is 15.6 Å². The van der Waals surface area contributed by atoms with Crippen molar-refractivity contribution in [1.82, 2.24) is 10.2 Å². The largest absolute Gasteiger partial charge is 0.352 e. The van der Waals surface area contributed by atoms with Crippen LogP contribution >= 0.6 is 11.6 Å². The van der Waals surface area contributed by atoms with Crippen LogP contribution in [-0.4, -0.2) is 43.8 Å². The normalized spacial score (nSPS) is 12.9. The van der Waals surface area contributed by atoms with Crippen molar-refractivity contribution >= 4 is 39.1 Å². The molecule has 0 saturated heterocycles. The van der Waals surface area contributed by atoms with Gasteiger partial charge in [0.1, 0.15) is 18.4 Å². The number of hydrogen-bond donors (Lipinski definition) is 1. The number of benzene rings is 3. The van der Waals surface area contributed by atoms with Gasteiger partial charge in [-0.15, -0.1) is 0 Å². The van der Waals surface area contributed by atoms with Crippen LogP contribution in [0.25, 0.3) is 0 Å². The number of rotatable bonds is 11. The lowest BCUT2D eigenvalue weighted by Gasteiger charge is -2.32. The molecule has 0 radical (unpaired) electrons. The van der Waals surface area contributed by atoms with Crippen molar-refractivity contribution in [2.45, 2.75) is 57.6 Å². The number of halogens is 2. The van der Waals surface area contributed by atoms with Gasteiger partial charge < -0.3 is 10.2 Å². The minimum atomic E-state index is -4.26. The molecule has 10 heteroatoms. The predicted octanol–water partition coefficient (Wildman–Crippen LogP) is 5.31. The number of aryl methyl sites for hydroxylation is 1. The third-order valence-corrected chi connectivity index (χ3v) is 8.52. The smallest absolute Gasteiger partial charge is 0.264 e. The molecule has 3 aromatic carbocycles. The quantitative estimate of drug-likeness (QED) is 0.337. The molecule has 7 nitrogen and oxygen atoms in total. The average Bonchev–Trinajstić information content (AvgIpc) is 2.92. The monoisotopic (exact) mass is 573 g/mol. The fourth-order valence-corrected chi connectivity index (χ4v) is 5.43. The molecule has 0 heterocycles. The molecule has 39 heavy (non-hydrogen) atoms. The lowest BCUT2D eigenvalue weighted by molar-refractivity contribution is -0.139. The number of anilines is 1. The second-order valence-corrected chi connectivity index (χ2v) is 11.7. The van der Waals surface area contributed by atoms with Gasteiger partial charge in [0.2, 0.25) is 11.8 Å². The summed E-state index contributed by atoms with van der Waals surface area (Å²) in [7, 11) is -4.26.